The van der Waals surface area contributed by atoms with Gasteiger partial charge in [0.05, 0.1) is 18.7 Å². The first-order valence-electron chi connectivity index (χ1n) is 5.92. The van der Waals surface area contributed by atoms with E-state index in [0.717, 1.165) is 11.0 Å². The van der Waals surface area contributed by atoms with E-state index in [2.05, 4.69) is 5.32 Å². The number of rotatable bonds is 6. The molecule has 0 unspecified atom stereocenters. The van der Waals surface area contributed by atoms with Crippen molar-refractivity contribution in [2.75, 3.05) is 33.9 Å². The summed E-state index contributed by atoms with van der Waals surface area (Å²) >= 11 is 5.73. The molecule has 0 heterocycles. The Morgan fingerprint density at radius 2 is 2.15 bits per heavy atom. The van der Waals surface area contributed by atoms with Gasteiger partial charge in [-0.1, -0.05) is 11.6 Å². The van der Waals surface area contributed by atoms with Crippen LogP contribution in [-0.2, 0) is 9.53 Å². The van der Waals surface area contributed by atoms with Crippen LogP contribution in [0.2, 0.25) is 5.02 Å². The smallest absolute Gasteiger partial charge is 0.257 e. The zero-order valence-corrected chi connectivity index (χ0v) is 12.0. The van der Waals surface area contributed by atoms with Gasteiger partial charge in [0.15, 0.2) is 0 Å². The van der Waals surface area contributed by atoms with Crippen LogP contribution in [0.1, 0.15) is 10.4 Å². The molecule has 0 saturated heterocycles. The molecule has 1 aromatic carbocycles. The van der Waals surface area contributed by atoms with E-state index in [1.807, 2.05) is 0 Å². The van der Waals surface area contributed by atoms with Gasteiger partial charge in [0.2, 0.25) is 5.91 Å². The van der Waals surface area contributed by atoms with Crippen LogP contribution in [0, 0.1) is 5.82 Å². The van der Waals surface area contributed by atoms with E-state index >= 15 is 0 Å². The van der Waals surface area contributed by atoms with Crippen molar-refractivity contribution in [3.05, 3.63) is 34.6 Å². The number of benzene rings is 1. The Morgan fingerprint density at radius 3 is 2.80 bits per heavy atom. The van der Waals surface area contributed by atoms with E-state index in [1.165, 1.54) is 26.3 Å². The molecule has 2 amide bonds. The number of nitrogens with one attached hydrogen (secondary N) is 1. The van der Waals surface area contributed by atoms with Crippen molar-refractivity contribution in [3.63, 3.8) is 0 Å². The second kappa shape index (κ2) is 7.81. The molecule has 0 bridgehead atoms. The monoisotopic (exact) mass is 302 g/mol. The molecule has 1 rings (SSSR count). The number of hydrogen-bond acceptors (Lipinski definition) is 3. The summed E-state index contributed by atoms with van der Waals surface area (Å²) in [6.07, 6.45) is 0. The van der Waals surface area contributed by atoms with Gasteiger partial charge >= 0.3 is 0 Å². The Balaban J connectivity index is 2.62. The van der Waals surface area contributed by atoms with Gasteiger partial charge in [-0.3, -0.25) is 9.59 Å². The Bertz CT molecular complexity index is 497. The molecule has 0 spiro atoms. The lowest BCUT2D eigenvalue weighted by Crippen LogP contribution is -2.39. The molecule has 0 aliphatic rings. The second-order valence-corrected chi connectivity index (χ2v) is 4.56. The molecular weight excluding hydrogens is 287 g/mol. The van der Waals surface area contributed by atoms with Gasteiger partial charge < -0.3 is 15.0 Å². The summed E-state index contributed by atoms with van der Waals surface area (Å²) in [7, 11) is 2.93. The van der Waals surface area contributed by atoms with E-state index in [4.69, 9.17) is 16.3 Å². The standard InChI is InChI=1S/C13H16ClFN2O3/c1-17(8-12(18)16-5-6-20-2)13(19)10-7-9(14)3-4-11(10)15/h3-4,7H,5-6,8H2,1-2H3,(H,16,18). The molecular formula is C13H16ClFN2O3. The average Bonchev–Trinajstić information content (AvgIpc) is 2.41. The van der Waals surface area contributed by atoms with Crippen LogP contribution < -0.4 is 5.32 Å². The van der Waals surface area contributed by atoms with Crippen LogP contribution in [0.25, 0.3) is 0 Å². The minimum Gasteiger partial charge on any atom is -0.383 e. The molecule has 0 aliphatic heterocycles. The van der Waals surface area contributed by atoms with Gasteiger partial charge in [0.1, 0.15) is 5.82 Å². The third-order valence-electron chi connectivity index (χ3n) is 2.51. The van der Waals surface area contributed by atoms with Crippen LogP contribution in [0.5, 0.6) is 0 Å². The lowest BCUT2D eigenvalue weighted by atomic mass is 10.2. The predicted octanol–water partition coefficient (Wildman–Crippen LogP) is 1.31. The lowest BCUT2D eigenvalue weighted by Gasteiger charge is -2.17. The number of carbonyl (C=O) groups excluding carboxylic acids is 2. The molecule has 0 radical (unpaired) electrons. The highest BCUT2D eigenvalue weighted by Crippen LogP contribution is 2.16. The fourth-order valence-electron chi connectivity index (χ4n) is 1.50. The number of carbonyl (C=O) groups is 2. The van der Waals surface area contributed by atoms with Gasteiger partial charge in [-0.15, -0.1) is 0 Å². The molecule has 0 atom stereocenters. The van der Waals surface area contributed by atoms with Crippen molar-refractivity contribution in [1.82, 2.24) is 10.2 Å². The topological polar surface area (TPSA) is 58.6 Å². The van der Waals surface area contributed by atoms with Gasteiger partial charge in [-0.05, 0) is 18.2 Å². The van der Waals surface area contributed by atoms with E-state index in [0.29, 0.717) is 13.2 Å². The van der Waals surface area contributed by atoms with Gasteiger partial charge in [0, 0.05) is 25.7 Å². The highest BCUT2D eigenvalue weighted by Gasteiger charge is 2.18. The second-order valence-electron chi connectivity index (χ2n) is 4.13. The largest absolute Gasteiger partial charge is 0.383 e. The zero-order chi connectivity index (χ0) is 15.1. The van der Waals surface area contributed by atoms with Crippen molar-refractivity contribution in [2.45, 2.75) is 0 Å². The van der Waals surface area contributed by atoms with Crippen molar-refractivity contribution in [3.8, 4) is 0 Å². The number of nitrogens with zero attached hydrogens (tertiary/aromatic N) is 1. The van der Waals surface area contributed by atoms with Crippen LogP contribution in [0.15, 0.2) is 18.2 Å². The first-order valence-corrected chi connectivity index (χ1v) is 6.29. The third kappa shape index (κ3) is 4.79. The van der Waals surface area contributed by atoms with Gasteiger partial charge in [0.25, 0.3) is 5.91 Å². The van der Waals surface area contributed by atoms with Crippen LogP contribution >= 0.6 is 11.6 Å². The summed E-state index contributed by atoms with van der Waals surface area (Å²) in [4.78, 5) is 24.7. The number of likely N-dealkylation sites (N-methyl/N-ethyl adjacent to an activating group) is 1. The van der Waals surface area contributed by atoms with Crippen molar-refractivity contribution >= 4 is 23.4 Å². The van der Waals surface area contributed by atoms with Gasteiger partial charge in [-0.25, -0.2) is 4.39 Å². The Kier molecular flexibility index (Phi) is 6.41. The molecule has 20 heavy (non-hydrogen) atoms. The first-order chi connectivity index (χ1) is 9.45. The predicted molar refractivity (Wildman–Crippen MR) is 73.3 cm³/mol. The summed E-state index contributed by atoms with van der Waals surface area (Å²) in [5.41, 5.74) is -0.162. The number of halogens is 2. The first kappa shape index (κ1) is 16.4. The lowest BCUT2D eigenvalue weighted by molar-refractivity contribution is -0.121. The minimum absolute atomic E-state index is 0.162. The van der Waals surface area contributed by atoms with E-state index in [-0.39, 0.29) is 23.0 Å². The molecule has 0 saturated carbocycles. The fourth-order valence-corrected chi connectivity index (χ4v) is 1.67. The summed E-state index contributed by atoms with van der Waals surface area (Å²) in [5.74, 6) is -1.63. The summed E-state index contributed by atoms with van der Waals surface area (Å²) in [5, 5.41) is 2.83. The number of hydrogen-bond donors (Lipinski definition) is 1. The highest BCUT2D eigenvalue weighted by molar-refractivity contribution is 6.31. The quantitative estimate of drug-likeness (QED) is 0.806. The zero-order valence-electron chi connectivity index (χ0n) is 11.3. The molecule has 1 aromatic rings. The molecule has 110 valence electrons. The maximum atomic E-state index is 13.5. The number of amides is 2. The third-order valence-corrected chi connectivity index (χ3v) is 2.75. The Labute approximate surface area is 121 Å². The summed E-state index contributed by atoms with van der Waals surface area (Å²) < 4.78 is 18.3. The van der Waals surface area contributed by atoms with E-state index in [9.17, 15) is 14.0 Å². The maximum absolute atomic E-state index is 13.5. The van der Waals surface area contributed by atoms with Crippen molar-refractivity contribution < 1.29 is 18.7 Å². The molecule has 0 fully saturated rings. The Hall–Kier alpha value is -1.66. The molecule has 0 aliphatic carbocycles. The van der Waals surface area contributed by atoms with Crippen molar-refractivity contribution in [2.24, 2.45) is 0 Å². The van der Waals surface area contributed by atoms with Gasteiger partial charge in [-0.2, -0.15) is 0 Å². The highest BCUT2D eigenvalue weighted by atomic mass is 35.5. The van der Waals surface area contributed by atoms with Crippen LogP contribution in [-0.4, -0.2) is 50.6 Å². The molecule has 5 nitrogen and oxygen atoms in total. The fraction of sp³-hybridized carbons (Fsp3) is 0.385. The van der Waals surface area contributed by atoms with E-state index in [1.54, 1.807) is 0 Å². The van der Waals surface area contributed by atoms with Crippen LogP contribution in [0.4, 0.5) is 4.39 Å². The SMILES string of the molecule is COCCNC(=O)CN(C)C(=O)c1cc(Cl)ccc1F. The van der Waals surface area contributed by atoms with E-state index < -0.39 is 11.7 Å². The molecule has 1 N–H and O–H groups in total. The molecule has 7 heteroatoms. The van der Waals surface area contributed by atoms with Crippen LogP contribution in [0.3, 0.4) is 0 Å². The number of ether oxygens (including phenoxy) is 1. The molecule has 0 aromatic heterocycles. The minimum atomic E-state index is -0.675. The number of methoxy groups -OCH3 is 1. The summed E-state index contributed by atoms with van der Waals surface area (Å²) in [6, 6.07) is 3.70. The average molecular weight is 303 g/mol. The summed E-state index contributed by atoms with van der Waals surface area (Å²) in [6.45, 7) is 0.559. The van der Waals surface area contributed by atoms with Crippen molar-refractivity contribution in [1.29, 1.82) is 0 Å². The normalized spacial score (nSPS) is 10.2. The maximum Gasteiger partial charge on any atom is 0.257 e. The Morgan fingerprint density at radius 1 is 1.45 bits per heavy atom.